The van der Waals surface area contributed by atoms with Gasteiger partial charge in [-0.3, -0.25) is 0 Å². The van der Waals surface area contributed by atoms with Gasteiger partial charge in [0.15, 0.2) is 11.4 Å². The Morgan fingerprint density at radius 3 is 2.18 bits per heavy atom. The molecule has 1 aromatic carbocycles. The summed E-state index contributed by atoms with van der Waals surface area (Å²) < 4.78 is 11.1. The zero-order chi connectivity index (χ0) is 12.8. The Balaban J connectivity index is 3.25. The van der Waals surface area contributed by atoms with Crippen LogP contribution in [0.25, 0.3) is 0 Å². The molecule has 94 valence electrons. The van der Waals surface area contributed by atoms with Crippen molar-refractivity contribution in [1.29, 1.82) is 0 Å². The number of hydrogen-bond acceptors (Lipinski definition) is 4. The van der Waals surface area contributed by atoms with E-state index in [1.54, 1.807) is 6.07 Å². The number of benzene rings is 1. The van der Waals surface area contributed by atoms with Crippen molar-refractivity contribution in [2.45, 2.75) is 13.8 Å². The van der Waals surface area contributed by atoms with Crippen LogP contribution >= 0.6 is 0 Å². The van der Waals surface area contributed by atoms with Crippen molar-refractivity contribution < 1.29 is 15.0 Å². The number of nitrogens with two attached hydrogens (primary N) is 1. The van der Waals surface area contributed by atoms with Gasteiger partial charge < -0.3 is 14.4 Å². The summed E-state index contributed by atoms with van der Waals surface area (Å²) in [6.45, 7) is 5.03. The van der Waals surface area contributed by atoms with Gasteiger partial charge in [-0.05, 0) is 19.0 Å². The highest BCUT2D eigenvalue weighted by atomic mass is 16.5. The molecule has 0 atom stereocenters. The van der Waals surface area contributed by atoms with E-state index in [0.29, 0.717) is 24.7 Å². The van der Waals surface area contributed by atoms with Crippen LogP contribution in [0.2, 0.25) is 0 Å². The van der Waals surface area contributed by atoms with Gasteiger partial charge in [0, 0.05) is 26.2 Å². The van der Waals surface area contributed by atoms with Crippen LogP contribution in [-0.2, 0) is 0 Å². The summed E-state index contributed by atoms with van der Waals surface area (Å²) >= 11 is 0. The summed E-state index contributed by atoms with van der Waals surface area (Å²) in [4.78, 5) is 1.97. The van der Waals surface area contributed by atoms with E-state index in [-0.39, 0.29) is 0 Å². The normalized spacial score (nSPS) is 9.88. The van der Waals surface area contributed by atoms with Crippen molar-refractivity contribution in [1.82, 2.24) is 0 Å². The molecular weight excluding hydrogens is 218 g/mol. The maximum Gasteiger partial charge on any atom is 0.175 e. The predicted molar refractivity (Wildman–Crippen MR) is 67.1 cm³/mol. The molecule has 1 rings (SSSR count). The summed E-state index contributed by atoms with van der Waals surface area (Å²) in [6, 6.07) is 3.68. The second-order valence-corrected chi connectivity index (χ2v) is 3.68. The molecule has 0 radical (unpaired) electrons. The molecule has 5 heteroatoms. The van der Waals surface area contributed by atoms with E-state index >= 15 is 0 Å². The average Bonchev–Trinajstić information content (AvgIpc) is 2.30. The lowest BCUT2D eigenvalue weighted by molar-refractivity contribution is -0.210. The van der Waals surface area contributed by atoms with Crippen LogP contribution in [-0.4, -0.2) is 27.3 Å². The highest BCUT2D eigenvalue weighted by Gasteiger charge is 2.14. The van der Waals surface area contributed by atoms with Gasteiger partial charge >= 0.3 is 0 Å². The maximum atomic E-state index is 5.56. The molecule has 0 aliphatic rings. The molecule has 0 saturated carbocycles. The fourth-order valence-corrected chi connectivity index (χ4v) is 1.53. The van der Waals surface area contributed by atoms with Gasteiger partial charge in [-0.15, -0.1) is 0 Å². The summed E-state index contributed by atoms with van der Waals surface area (Å²) in [5.74, 6) is 1.42. The summed E-state index contributed by atoms with van der Waals surface area (Å²) in [5.41, 5.74) is 6.89. The third kappa shape index (κ3) is 3.09. The molecule has 0 aromatic heterocycles. The van der Waals surface area contributed by atoms with E-state index in [2.05, 4.69) is 5.11 Å². The zero-order valence-corrected chi connectivity index (χ0v) is 10.9. The molecule has 0 aliphatic heterocycles. The second-order valence-electron chi connectivity index (χ2n) is 3.68. The van der Waals surface area contributed by atoms with E-state index in [1.807, 2.05) is 38.9 Å². The molecular formula is C12H20N3O2+. The predicted octanol–water partition coefficient (Wildman–Crippen LogP) is 1.39. The summed E-state index contributed by atoms with van der Waals surface area (Å²) in [7, 11) is 3.90. The molecule has 0 saturated heterocycles. The Kier molecular flexibility index (Phi) is 4.75. The van der Waals surface area contributed by atoms with Gasteiger partial charge in [-0.25, -0.2) is 0 Å². The minimum absolute atomic E-state index is 0.573. The topological polar surface area (TPSA) is 59.7 Å². The number of hydrogen-bond donors (Lipinski definition) is 1. The van der Waals surface area contributed by atoms with E-state index in [9.17, 15) is 0 Å². The molecule has 0 amide bonds. The number of ether oxygens (including phenoxy) is 2. The van der Waals surface area contributed by atoms with Gasteiger partial charge in [-0.2, -0.15) is 5.53 Å². The van der Waals surface area contributed by atoms with Crippen molar-refractivity contribution in [3.8, 4) is 11.5 Å². The van der Waals surface area contributed by atoms with Crippen molar-refractivity contribution in [3.63, 3.8) is 0 Å². The molecule has 0 spiro atoms. The van der Waals surface area contributed by atoms with E-state index in [4.69, 9.17) is 15.0 Å². The first kappa shape index (κ1) is 13.3. The fourth-order valence-electron chi connectivity index (χ4n) is 1.53. The van der Waals surface area contributed by atoms with Crippen LogP contribution in [0.3, 0.4) is 0 Å². The van der Waals surface area contributed by atoms with Crippen molar-refractivity contribution in [2.75, 3.05) is 32.2 Å². The molecule has 0 aliphatic carbocycles. The third-order valence-corrected chi connectivity index (χ3v) is 2.26. The van der Waals surface area contributed by atoms with E-state index < -0.39 is 0 Å². The van der Waals surface area contributed by atoms with Crippen molar-refractivity contribution in [3.05, 3.63) is 12.1 Å². The van der Waals surface area contributed by atoms with Gasteiger partial charge in [0.05, 0.1) is 18.9 Å². The summed E-state index contributed by atoms with van der Waals surface area (Å²) in [6.07, 6.45) is 0. The monoisotopic (exact) mass is 238 g/mol. The van der Waals surface area contributed by atoms with Crippen LogP contribution in [0.5, 0.6) is 11.5 Å². The summed E-state index contributed by atoms with van der Waals surface area (Å²) in [5, 5.41) is 3.71. The number of rotatable bonds is 6. The standard InChI is InChI=1S/C12H19N3O2/c1-5-16-11-8-10(15(3)4)12(17-6-2)7-9(11)14-13/h7-8,13H,5-6H2,1-4H3/p+1. The lowest BCUT2D eigenvalue weighted by Crippen LogP contribution is -2.22. The molecule has 0 bridgehead atoms. The molecule has 1 aromatic rings. The van der Waals surface area contributed by atoms with Crippen LogP contribution in [0.15, 0.2) is 17.2 Å². The van der Waals surface area contributed by atoms with Crippen LogP contribution in [0.4, 0.5) is 11.4 Å². The number of nitrogens with zero attached hydrogens (tertiary/aromatic N) is 2. The van der Waals surface area contributed by atoms with Gasteiger partial charge in [-0.1, -0.05) is 0 Å². The Labute approximate surface area is 102 Å². The van der Waals surface area contributed by atoms with Crippen LogP contribution in [0.1, 0.15) is 13.8 Å². The lowest BCUT2D eigenvalue weighted by Gasteiger charge is -2.19. The molecule has 0 heterocycles. The molecule has 2 N–H and O–H groups in total. The van der Waals surface area contributed by atoms with Crippen molar-refractivity contribution in [2.24, 2.45) is 5.11 Å². The first-order valence-electron chi connectivity index (χ1n) is 5.65. The number of anilines is 1. The highest BCUT2D eigenvalue weighted by Crippen LogP contribution is 2.39. The first-order chi connectivity index (χ1) is 8.13. The second kappa shape index (κ2) is 6.08. The van der Waals surface area contributed by atoms with E-state index in [1.165, 1.54) is 0 Å². The minimum Gasteiger partial charge on any atom is -0.492 e. The third-order valence-electron chi connectivity index (χ3n) is 2.26. The van der Waals surface area contributed by atoms with Gasteiger partial charge in [0.1, 0.15) is 5.75 Å². The van der Waals surface area contributed by atoms with Crippen molar-refractivity contribution >= 4 is 11.4 Å². The molecule has 5 nitrogen and oxygen atoms in total. The molecule has 0 unspecified atom stereocenters. The Morgan fingerprint density at radius 2 is 1.71 bits per heavy atom. The van der Waals surface area contributed by atoms with Gasteiger partial charge in [0.25, 0.3) is 0 Å². The largest absolute Gasteiger partial charge is 0.492 e. The first-order valence-corrected chi connectivity index (χ1v) is 5.65. The quantitative estimate of drug-likeness (QED) is 0.762. The maximum absolute atomic E-state index is 5.56. The minimum atomic E-state index is 0.573. The highest BCUT2D eigenvalue weighted by molar-refractivity contribution is 5.69. The molecule has 17 heavy (non-hydrogen) atoms. The Hall–Kier alpha value is -1.78. The average molecular weight is 238 g/mol. The van der Waals surface area contributed by atoms with Crippen LogP contribution in [0, 0.1) is 0 Å². The van der Waals surface area contributed by atoms with E-state index in [0.717, 1.165) is 11.4 Å². The Morgan fingerprint density at radius 1 is 1.12 bits per heavy atom. The smallest absolute Gasteiger partial charge is 0.175 e. The van der Waals surface area contributed by atoms with Gasteiger partial charge in [0.2, 0.25) is 0 Å². The zero-order valence-electron chi connectivity index (χ0n) is 10.9. The fraction of sp³-hybridized carbons (Fsp3) is 0.500. The Bertz CT molecular complexity index is 392. The lowest BCUT2D eigenvalue weighted by atomic mass is 10.2. The SMILES string of the molecule is CCOc1cc(N(C)C)c(OCC)cc1N=[NH2+]. The molecule has 0 fully saturated rings. The van der Waals surface area contributed by atoms with Crippen LogP contribution < -0.4 is 19.9 Å².